The number of aryl methyl sites for hydroxylation is 1. The standard InChI is InChI=1S/C15H16N2O3/c1-19-14(18)8-7-11-9-13(15(16)17-10-11)20-12-5-3-2-4-6-12/h2-6,9-10H,7-8H2,1H3,(H2,16,17). The molecular formula is C15H16N2O3. The van der Waals surface area contributed by atoms with E-state index >= 15 is 0 Å². The number of nitrogens with zero attached hydrogens (tertiary/aromatic N) is 1. The second-order valence-electron chi connectivity index (χ2n) is 4.22. The van der Waals surface area contributed by atoms with E-state index in [9.17, 15) is 4.79 Å². The maximum Gasteiger partial charge on any atom is 0.305 e. The number of carbonyl (C=O) groups excluding carboxylic acids is 1. The maximum atomic E-state index is 11.1. The summed E-state index contributed by atoms with van der Waals surface area (Å²) in [5, 5.41) is 0. The van der Waals surface area contributed by atoms with Gasteiger partial charge in [-0.2, -0.15) is 0 Å². The number of pyridine rings is 1. The van der Waals surface area contributed by atoms with Crippen LogP contribution in [-0.4, -0.2) is 18.1 Å². The summed E-state index contributed by atoms with van der Waals surface area (Å²) in [6.45, 7) is 0. The van der Waals surface area contributed by atoms with Crippen LogP contribution in [0.15, 0.2) is 42.6 Å². The maximum absolute atomic E-state index is 11.1. The molecule has 0 fully saturated rings. The minimum atomic E-state index is -0.257. The van der Waals surface area contributed by atoms with Gasteiger partial charge in [-0.1, -0.05) is 18.2 Å². The molecule has 5 heteroatoms. The average molecular weight is 272 g/mol. The predicted octanol–water partition coefficient (Wildman–Crippen LogP) is 2.56. The fraction of sp³-hybridized carbons (Fsp3) is 0.200. The first-order valence-corrected chi connectivity index (χ1v) is 6.23. The van der Waals surface area contributed by atoms with Crippen molar-refractivity contribution < 1.29 is 14.3 Å². The fourth-order valence-corrected chi connectivity index (χ4v) is 1.68. The molecule has 0 unspecified atom stereocenters. The Morgan fingerprint density at radius 2 is 2.05 bits per heavy atom. The van der Waals surface area contributed by atoms with Gasteiger partial charge in [0, 0.05) is 12.6 Å². The van der Waals surface area contributed by atoms with Crippen molar-refractivity contribution in [3.8, 4) is 11.5 Å². The first-order chi connectivity index (χ1) is 9.69. The van der Waals surface area contributed by atoms with Gasteiger partial charge in [0.25, 0.3) is 0 Å². The summed E-state index contributed by atoms with van der Waals surface area (Å²) in [5.74, 6) is 1.23. The summed E-state index contributed by atoms with van der Waals surface area (Å²) < 4.78 is 10.3. The van der Waals surface area contributed by atoms with Crippen LogP contribution in [0.25, 0.3) is 0 Å². The minimum absolute atomic E-state index is 0.257. The number of para-hydroxylation sites is 1. The molecule has 0 amide bonds. The summed E-state index contributed by atoms with van der Waals surface area (Å²) in [7, 11) is 1.37. The molecule has 2 aromatic rings. The van der Waals surface area contributed by atoms with E-state index in [1.165, 1.54) is 7.11 Å². The lowest BCUT2D eigenvalue weighted by molar-refractivity contribution is -0.140. The summed E-state index contributed by atoms with van der Waals surface area (Å²) in [5.41, 5.74) is 6.66. The molecule has 0 radical (unpaired) electrons. The molecule has 0 atom stereocenters. The Morgan fingerprint density at radius 3 is 2.75 bits per heavy atom. The molecule has 1 aromatic heterocycles. The molecule has 20 heavy (non-hydrogen) atoms. The first-order valence-electron chi connectivity index (χ1n) is 6.23. The Hall–Kier alpha value is -2.56. The van der Waals surface area contributed by atoms with Crippen LogP contribution in [0.2, 0.25) is 0 Å². The topological polar surface area (TPSA) is 74.4 Å². The van der Waals surface area contributed by atoms with Crippen LogP contribution >= 0.6 is 0 Å². The zero-order valence-corrected chi connectivity index (χ0v) is 11.2. The lowest BCUT2D eigenvalue weighted by Gasteiger charge is -2.09. The molecule has 0 aliphatic rings. The highest BCUT2D eigenvalue weighted by Gasteiger charge is 2.07. The van der Waals surface area contributed by atoms with Crippen molar-refractivity contribution in [2.75, 3.05) is 12.8 Å². The number of methoxy groups -OCH3 is 1. The molecule has 0 spiro atoms. The van der Waals surface area contributed by atoms with E-state index in [-0.39, 0.29) is 5.97 Å². The number of rotatable bonds is 5. The number of hydrogen-bond acceptors (Lipinski definition) is 5. The Balaban J connectivity index is 2.10. The lowest BCUT2D eigenvalue weighted by atomic mass is 10.1. The highest BCUT2D eigenvalue weighted by atomic mass is 16.5. The minimum Gasteiger partial charge on any atom is -0.469 e. The van der Waals surface area contributed by atoms with E-state index in [1.807, 2.05) is 30.3 Å². The lowest BCUT2D eigenvalue weighted by Crippen LogP contribution is -2.03. The number of carbonyl (C=O) groups is 1. The Kier molecular flexibility index (Phi) is 4.55. The number of nitrogen functional groups attached to an aromatic ring is 1. The van der Waals surface area contributed by atoms with Crippen molar-refractivity contribution in [1.29, 1.82) is 0 Å². The van der Waals surface area contributed by atoms with Crippen molar-refractivity contribution in [2.24, 2.45) is 0 Å². The molecule has 2 rings (SSSR count). The monoisotopic (exact) mass is 272 g/mol. The third kappa shape index (κ3) is 3.71. The molecule has 104 valence electrons. The van der Waals surface area contributed by atoms with Crippen LogP contribution in [0.3, 0.4) is 0 Å². The molecule has 0 saturated carbocycles. The Morgan fingerprint density at radius 1 is 1.30 bits per heavy atom. The molecule has 0 bridgehead atoms. The van der Waals surface area contributed by atoms with Crippen molar-refractivity contribution in [3.05, 3.63) is 48.2 Å². The van der Waals surface area contributed by atoms with Gasteiger partial charge in [-0.05, 0) is 30.2 Å². The molecule has 0 aliphatic carbocycles. The summed E-state index contributed by atoms with van der Waals surface area (Å²) in [6.07, 6.45) is 2.47. The van der Waals surface area contributed by atoms with Gasteiger partial charge in [-0.25, -0.2) is 4.98 Å². The van der Waals surface area contributed by atoms with Crippen molar-refractivity contribution in [3.63, 3.8) is 0 Å². The summed E-state index contributed by atoms with van der Waals surface area (Å²) >= 11 is 0. The Bertz CT molecular complexity index is 585. The number of hydrogen-bond donors (Lipinski definition) is 1. The van der Waals surface area contributed by atoms with Crippen molar-refractivity contribution >= 4 is 11.8 Å². The SMILES string of the molecule is COC(=O)CCc1cnc(N)c(Oc2ccccc2)c1. The quantitative estimate of drug-likeness (QED) is 0.847. The third-order valence-electron chi connectivity index (χ3n) is 2.75. The largest absolute Gasteiger partial charge is 0.469 e. The van der Waals surface area contributed by atoms with E-state index in [4.69, 9.17) is 10.5 Å². The van der Waals surface area contributed by atoms with Crippen LogP contribution in [0.5, 0.6) is 11.5 Å². The van der Waals surface area contributed by atoms with Gasteiger partial charge in [0.1, 0.15) is 5.75 Å². The molecule has 2 N–H and O–H groups in total. The number of anilines is 1. The van der Waals surface area contributed by atoms with Gasteiger partial charge in [0.15, 0.2) is 11.6 Å². The van der Waals surface area contributed by atoms with Crippen molar-refractivity contribution in [1.82, 2.24) is 4.98 Å². The molecule has 5 nitrogen and oxygen atoms in total. The second-order valence-corrected chi connectivity index (χ2v) is 4.22. The summed E-state index contributed by atoms with van der Waals surface area (Å²) in [6, 6.07) is 11.1. The number of ether oxygens (including phenoxy) is 2. The van der Waals surface area contributed by atoms with Gasteiger partial charge in [0.05, 0.1) is 7.11 Å². The van der Waals surface area contributed by atoms with E-state index in [0.717, 1.165) is 5.56 Å². The number of aromatic nitrogens is 1. The average Bonchev–Trinajstić information content (AvgIpc) is 2.48. The van der Waals surface area contributed by atoms with Gasteiger partial charge in [-0.15, -0.1) is 0 Å². The molecule has 0 saturated heterocycles. The van der Waals surface area contributed by atoms with E-state index < -0.39 is 0 Å². The fourth-order valence-electron chi connectivity index (χ4n) is 1.68. The third-order valence-corrected chi connectivity index (χ3v) is 2.75. The number of esters is 1. The van der Waals surface area contributed by atoms with Gasteiger partial charge in [0.2, 0.25) is 0 Å². The zero-order chi connectivity index (χ0) is 14.4. The van der Waals surface area contributed by atoms with Crippen LogP contribution in [-0.2, 0) is 16.0 Å². The van der Waals surface area contributed by atoms with Gasteiger partial charge in [-0.3, -0.25) is 4.79 Å². The van der Waals surface area contributed by atoms with E-state index in [1.54, 1.807) is 12.3 Å². The zero-order valence-electron chi connectivity index (χ0n) is 11.2. The number of nitrogens with two attached hydrogens (primary N) is 1. The predicted molar refractivity (Wildman–Crippen MR) is 75.5 cm³/mol. The normalized spacial score (nSPS) is 10.1. The van der Waals surface area contributed by atoms with E-state index in [0.29, 0.717) is 30.2 Å². The van der Waals surface area contributed by atoms with Crippen LogP contribution < -0.4 is 10.5 Å². The highest BCUT2D eigenvalue weighted by Crippen LogP contribution is 2.26. The van der Waals surface area contributed by atoms with Crippen molar-refractivity contribution in [2.45, 2.75) is 12.8 Å². The van der Waals surface area contributed by atoms with E-state index in [2.05, 4.69) is 9.72 Å². The first kappa shape index (κ1) is 13.9. The molecular weight excluding hydrogens is 256 g/mol. The molecule has 1 heterocycles. The number of benzene rings is 1. The smallest absolute Gasteiger partial charge is 0.305 e. The second kappa shape index (κ2) is 6.56. The highest BCUT2D eigenvalue weighted by molar-refractivity contribution is 5.69. The van der Waals surface area contributed by atoms with Gasteiger partial charge < -0.3 is 15.2 Å². The molecule has 0 aliphatic heterocycles. The van der Waals surface area contributed by atoms with Gasteiger partial charge >= 0.3 is 5.97 Å². The summed E-state index contributed by atoms with van der Waals surface area (Å²) in [4.78, 5) is 15.2. The van der Waals surface area contributed by atoms with Crippen LogP contribution in [0.1, 0.15) is 12.0 Å². The molecule has 1 aromatic carbocycles. The van der Waals surface area contributed by atoms with Crippen LogP contribution in [0, 0.1) is 0 Å². The Labute approximate surface area is 117 Å². The van der Waals surface area contributed by atoms with Crippen LogP contribution in [0.4, 0.5) is 5.82 Å².